The minimum atomic E-state index is -0.271. The molecule has 0 unspecified atom stereocenters. The first kappa shape index (κ1) is 47.9. The van der Waals surface area contributed by atoms with Crippen LogP contribution in [0.4, 0.5) is 0 Å². The van der Waals surface area contributed by atoms with Crippen LogP contribution in [0.2, 0.25) is 0 Å². The number of halogens is 1. The first-order valence-corrected chi connectivity index (χ1v) is 10.5. The summed E-state index contributed by atoms with van der Waals surface area (Å²) >= 11 is 3.37. The molecule has 0 spiro atoms. The zero-order chi connectivity index (χ0) is 22.8. The Hall–Kier alpha value is -0.763. The molecule has 1 rings (SSSR count). The fourth-order valence-corrected chi connectivity index (χ4v) is 1.06. The maximum atomic E-state index is 8.58. The standard InChI is InChI=1S/C7H12.C6H9Br.C6H10O.C3H6O.C3H3.2CH4.Li.H2/c1-4-5-6-7(2)3;2*1-3-4-5-6(2)7;1-3-2-4-3;1-3-2;;;;/h7H,6H2,1-3H3;6H,5H2,1-2H3;6-7H,5H2,1-2H3;3H,2H2,1H3;1H3;2*1H4;;1H/q;;;;-1;;;+1;/t;2*6-;3-;;;;;/m.101...../s1/i;;;;;;;;1+1. The van der Waals surface area contributed by atoms with Crippen LogP contribution in [-0.2, 0) is 4.74 Å². The van der Waals surface area contributed by atoms with E-state index in [0.29, 0.717) is 17.4 Å². The van der Waals surface area contributed by atoms with Gasteiger partial charge in [-0.05, 0) is 47.5 Å². The number of alkyl halides is 1. The van der Waals surface area contributed by atoms with Crippen molar-refractivity contribution in [2.24, 2.45) is 5.92 Å². The van der Waals surface area contributed by atoms with E-state index >= 15 is 0 Å². The first-order valence-electron chi connectivity index (χ1n) is 9.58. The normalized spacial score (nSPS) is 12.5. The maximum absolute atomic E-state index is 8.58. The van der Waals surface area contributed by atoms with E-state index in [1.807, 2.05) is 19.8 Å². The van der Waals surface area contributed by atoms with Crippen LogP contribution in [0.25, 0.3) is 0 Å². The van der Waals surface area contributed by atoms with Crippen LogP contribution in [0.15, 0.2) is 0 Å². The van der Waals surface area contributed by atoms with Crippen molar-refractivity contribution < 1.29 is 30.1 Å². The summed E-state index contributed by atoms with van der Waals surface area (Å²) in [5.41, 5.74) is 0. The summed E-state index contributed by atoms with van der Waals surface area (Å²) in [7, 11) is 0. The van der Waals surface area contributed by atoms with Gasteiger partial charge in [0.25, 0.3) is 0 Å². The van der Waals surface area contributed by atoms with Gasteiger partial charge in [-0.15, -0.1) is 35.5 Å². The van der Waals surface area contributed by atoms with Crippen molar-refractivity contribution in [1.29, 1.82) is 0 Å². The predicted molar refractivity (Wildman–Crippen MR) is 143 cm³/mol. The summed E-state index contributed by atoms with van der Waals surface area (Å²) in [5.74, 6) is 19.8. The summed E-state index contributed by atoms with van der Waals surface area (Å²) in [5, 5.41) is 8.58. The Morgan fingerprint density at radius 2 is 1.23 bits per heavy atom. The molecule has 1 aliphatic heterocycles. The molecule has 31 heavy (non-hydrogen) atoms. The van der Waals surface area contributed by atoms with Crippen LogP contribution in [0.5, 0.6) is 0 Å². The molecule has 0 bridgehead atoms. The second-order valence-electron chi connectivity index (χ2n) is 6.31. The fourth-order valence-electron chi connectivity index (χ4n) is 0.895. The van der Waals surface area contributed by atoms with Crippen molar-refractivity contribution in [3.8, 4) is 41.4 Å². The van der Waals surface area contributed by atoms with E-state index in [4.69, 9.17) is 16.3 Å². The quantitative estimate of drug-likeness (QED) is 0.205. The SMILES string of the molecule is C.C.CC#CCC(C)C.CC#CC[C@@H](C)Br.CC#CC[C@H](C)O.C[C@@H]1CO1.[2HH].[C-]#CC.[Li+]. The summed E-state index contributed by atoms with van der Waals surface area (Å²) in [6.07, 6.45) is 8.86. The Labute approximate surface area is 219 Å². The summed E-state index contributed by atoms with van der Waals surface area (Å²) in [6, 6.07) is 0. The average molecular weight is 495 g/mol. The van der Waals surface area contributed by atoms with Crippen LogP contribution in [0.1, 0.15) is 97.9 Å². The van der Waals surface area contributed by atoms with Gasteiger partial charge in [0.1, 0.15) is 0 Å². The van der Waals surface area contributed by atoms with E-state index in [1.54, 1.807) is 20.8 Å². The topological polar surface area (TPSA) is 32.8 Å². The predicted octanol–water partition coefficient (Wildman–Crippen LogP) is 4.54. The molecule has 0 aromatic heterocycles. The number of aliphatic hydroxyl groups excluding tert-OH is 1. The molecule has 2 nitrogen and oxygen atoms in total. The van der Waals surface area contributed by atoms with E-state index in [9.17, 15) is 0 Å². The van der Waals surface area contributed by atoms with Gasteiger partial charge >= 0.3 is 18.9 Å². The third-order valence-electron chi connectivity index (χ3n) is 2.32. The maximum Gasteiger partial charge on any atom is 1.00 e. The minimum Gasteiger partial charge on any atom is -0.694 e. The van der Waals surface area contributed by atoms with E-state index in [-0.39, 0.29) is 41.2 Å². The molecule has 0 radical (unpaired) electrons. The Bertz CT molecular complexity index is 470. The number of hydrogen-bond acceptors (Lipinski definition) is 2. The fraction of sp³-hybridized carbons (Fsp3) is 0.704. The molecule has 0 aromatic carbocycles. The second-order valence-corrected chi connectivity index (χ2v) is 7.87. The zero-order valence-electron chi connectivity index (χ0n) is 20.4. The Morgan fingerprint density at radius 3 is 1.32 bits per heavy atom. The van der Waals surface area contributed by atoms with Gasteiger partial charge < -0.3 is 22.2 Å². The van der Waals surface area contributed by atoms with E-state index in [1.165, 1.54) is 0 Å². The molecule has 1 aliphatic rings. The molecule has 1 saturated heterocycles. The van der Waals surface area contributed by atoms with Gasteiger partial charge in [0, 0.05) is 25.5 Å². The van der Waals surface area contributed by atoms with Gasteiger partial charge in [-0.25, -0.2) is 0 Å². The van der Waals surface area contributed by atoms with Crippen LogP contribution < -0.4 is 18.9 Å². The third kappa shape index (κ3) is 107. The molecule has 1 heterocycles. The van der Waals surface area contributed by atoms with Crippen molar-refractivity contribution in [3.05, 3.63) is 6.42 Å². The van der Waals surface area contributed by atoms with Crippen LogP contribution >= 0.6 is 15.9 Å². The summed E-state index contributed by atoms with van der Waals surface area (Å²) in [6.45, 7) is 18.2. The largest absolute Gasteiger partial charge is 1.00 e. The molecule has 0 aromatic rings. The molecule has 0 aliphatic carbocycles. The van der Waals surface area contributed by atoms with Gasteiger partial charge in [-0.2, -0.15) is 0 Å². The molecular formula is C27H50BrLiO2. The molecule has 1 fully saturated rings. The number of epoxide rings is 1. The van der Waals surface area contributed by atoms with E-state index < -0.39 is 0 Å². The van der Waals surface area contributed by atoms with Crippen molar-refractivity contribution in [3.63, 3.8) is 0 Å². The molecule has 4 heteroatoms. The number of hydrogen-bond donors (Lipinski definition) is 1. The van der Waals surface area contributed by atoms with Crippen molar-refractivity contribution in [2.75, 3.05) is 6.61 Å². The van der Waals surface area contributed by atoms with Crippen molar-refractivity contribution in [1.82, 2.24) is 0 Å². The van der Waals surface area contributed by atoms with E-state index in [0.717, 1.165) is 25.4 Å². The van der Waals surface area contributed by atoms with Gasteiger partial charge in [-0.3, -0.25) is 0 Å². The van der Waals surface area contributed by atoms with Crippen molar-refractivity contribution >= 4 is 15.9 Å². The molecule has 0 amide bonds. The van der Waals surface area contributed by atoms with Gasteiger partial charge in [0.2, 0.25) is 0 Å². The Morgan fingerprint density at radius 1 is 0.935 bits per heavy atom. The third-order valence-corrected chi connectivity index (χ3v) is 2.65. The van der Waals surface area contributed by atoms with Crippen LogP contribution in [0, 0.1) is 53.8 Å². The molecular weight excluding hydrogens is 443 g/mol. The Balaban J connectivity index is -0.0000000373. The second kappa shape index (κ2) is 43.2. The minimum absolute atomic E-state index is 0. The molecule has 1 N–H and O–H groups in total. The molecule has 0 saturated carbocycles. The zero-order valence-corrected chi connectivity index (χ0v) is 22.0. The number of aliphatic hydroxyl groups is 1. The summed E-state index contributed by atoms with van der Waals surface area (Å²) < 4.78 is 4.71. The Kier molecular flexibility index (Phi) is 66.7. The van der Waals surface area contributed by atoms with Crippen LogP contribution in [-0.4, -0.2) is 28.7 Å². The molecule has 178 valence electrons. The number of rotatable bonds is 3. The van der Waals surface area contributed by atoms with Crippen molar-refractivity contribution in [2.45, 2.75) is 113 Å². The van der Waals surface area contributed by atoms with Crippen LogP contribution in [0.3, 0.4) is 0 Å². The average Bonchev–Trinajstić information content (AvgIpc) is 3.40. The number of ether oxygens (including phenoxy) is 1. The van der Waals surface area contributed by atoms with Gasteiger partial charge in [0.05, 0.1) is 18.8 Å². The van der Waals surface area contributed by atoms with Gasteiger partial charge in [0.15, 0.2) is 0 Å². The first-order chi connectivity index (χ1) is 13.1. The molecule has 3 atom stereocenters. The van der Waals surface area contributed by atoms with Gasteiger partial charge in [-0.1, -0.05) is 51.6 Å². The summed E-state index contributed by atoms with van der Waals surface area (Å²) in [4.78, 5) is 0.542. The monoisotopic (exact) mass is 493 g/mol. The van der Waals surface area contributed by atoms with E-state index in [2.05, 4.69) is 79.1 Å². The smallest absolute Gasteiger partial charge is 0.694 e.